The van der Waals surface area contributed by atoms with Crippen molar-refractivity contribution < 1.29 is 4.79 Å². The second kappa shape index (κ2) is 7.72. The van der Waals surface area contributed by atoms with E-state index in [1.807, 2.05) is 55.5 Å². The Labute approximate surface area is 158 Å². The van der Waals surface area contributed by atoms with Crippen molar-refractivity contribution in [1.29, 1.82) is 0 Å². The van der Waals surface area contributed by atoms with Crippen LogP contribution in [0.25, 0.3) is 16.6 Å². The predicted molar refractivity (Wildman–Crippen MR) is 107 cm³/mol. The molecule has 2 N–H and O–H groups in total. The summed E-state index contributed by atoms with van der Waals surface area (Å²) in [6.07, 6.45) is 0.823. The van der Waals surface area contributed by atoms with Gasteiger partial charge in [-0.3, -0.25) is 14.2 Å². The molecule has 2 aromatic carbocycles. The summed E-state index contributed by atoms with van der Waals surface area (Å²) in [7, 11) is 3.45. The molecule has 6 heteroatoms. The van der Waals surface area contributed by atoms with E-state index in [0.29, 0.717) is 29.6 Å². The third-order valence-corrected chi connectivity index (χ3v) is 4.54. The molecule has 0 aliphatic rings. The summed E-state index contributed by atoms with van der Waals surface area (Å²) in [5.74, 6) is 0.538. The maximum absolute atomic E-state index is 13.4. The number of aryl methyl sites for hydroxylation is 1. The van der Waals surface area contributed by atoms with Gasteiger partial charge in [0, 0.05) is 20.5 Å². The van der Waals surface area contributed by atoms with Crippen LogP contribution in [0.15, 0.2) is 53.3 Å². The molecule has 0 spiro atoms. The molecule has 1 aromatic heterocycles. The zero-order valence-electron chi connectivity index (χ0n) is 15.8. The molecule has 0 saturated carbocycles. The topological polar surface area (TPSA) is 81.2 Å². The highest BCUT2D eigenvalue weighted by molar-refractivity contribution is 5.83. The number of rotatable bonds is 5. The highest BCUT2D eigenvalue weighted by Crippen LogP contribution is 2.20. The second-order valence-corrected chi connectivity index (χ2v) is 6.83. The van der Waals surface area contributed by atoms with Gasteiger partial charge in [0.15, 0.2) is 0 Å². The second-order valence-electron chi connectivity index (χ2n) is 6.83. The van der Waals surface area contributed by atoms with E-state index in [0.717, 1.165) is 11.3 Å². The van der Waals surface area contributed by atoms with Gasteiger partial charge in [0.2, 0.25) is 5.91 Å². The SMILES string of the molecule is C[C@H](N)c1nc2cccc(CCC(=O)N(C)C)c2c(=O)n1-c1ccccc1. The van der Waals surface area contributed by atoms with Crippen LogP contribution in [0.5, 0.6) is 0 Å². The number of hydrogen-bond acceptors (Lipinski definition) is 4. The summed E-state index contributed by atoms with van der Waals surface area (Å²) in [6, 6.07) is 14.5. The zero-order chi connectivity index (χ0) is 19.6. The lowest BCUT2D eigenvalue weighted by Gasteiger charge is -2.17. The Hall–Kier alpha value is -2.99. The monoisotopic (exact) mass is 364 g/mol. The van der Waals surface area contributed by atoms with Gasteiger partial charge in [-0.2, -0.15) is 0 Å². The van der Waals surface area contributed by atoms with E-state index < -0.39 is 6.04 Å². The molecule has 0 saturated heterocycles. The molecule has 140 valence electrons. The fourth-order valence-electron chi connectivity index (χ4n) is 3.12. The number of benzene rings is 2. The minimum atomic E-state index is -0.402. The van der Waals surface area contributed by atoms with E-state index in [1.54, 1.807) is 23.6 Å². The quantitative estimate of drug-likeness (QED) is 0.754. The molecule has 0 radical (unpaired) electrons. The van der Waals surface area contributed by atoms with Crippen molar-refractivity contribution in [3.63, 3.8) is 0 Å². The van der Waals surface area contributed by atoms with E-state index in [9.17, 15) is 9.59 Å². The van der Waals surface area contributed by atoms with Crippen molar-refractivity contribution in [3.05, 3.63) is 70.3 Å². The number of para-hydroxylation sites is 1. The molecule has 6 nitrogen and oxygen atoms in total. The molecule has 0 aliphatic carbocycles. The highest BCUT2D eigenvalue weighted by atomic mass is 16.2. The lowest BCUT2D eigenvalue weighted by atomic mass is 10.0. The molecular formula is C21H24N4O2. The summed E-state index contributed by atoms with van der Waals surface area (Å²) in [5, 5.41) is 0.539. The van der Waals surface area contributed by atoms with Crippen molar-refractivity contribution in [2.24, 2.45) is 5.73 Å². The van der Waals surface area contributed by atoms with Crippen LogP contribution < -0.4 is 11.3 Å². The van der Waals surface area contributed by atoms with Gasteiger partial charge in [0.05, 0.1) is 22.6 Å². The number of amides is 1. The molecule has 1 amide bonds. The normalized spacial score (nSPS) is 12.1. The van der Waals surface area contributed by atoms with Crippen molar-refractivity contribution in [2.45, 2.75) is 25.8 Å². The maximum atomic E-state index is 13.4. The van der Waals surface area contributed by atoms with Crippen LogP contribution in [0.3, 0.4) is 0 Å². The van der Waals surface area contributed by atoms with Crippen molar-refractivity contribution in [3.8, 4) is 5.69 Å². The van der Waals surface area contributed by atoms with Gasteiger partial charge in [-0.1, -0.05) is 30.3 Å². The van der Waals surface area contributed by atoms with Crippen LogP contribution in [-0.4, -0.2) is 34.5 Å². The van der Waals surface area contributed by atoms with Crippen LogP contribution >= 0.6 is 0 Å². The van der Waals surface area contributed by atoms with Gasteiger partial charge in [-0.15, -0.1) is 0 Å². The van der Waals surface area contributed by atoms with E-state index in [2.05, 4.69) is 4.98 Å². The molecule has 1 heterocycles. The van der Waals surface area contributed by atoms with Crippen molar-refractivity contribution in [1.82, 2.24) is 14.5 Å². The van der Waals surface area contributed by atoms with Crippen LogP contribution in [0, 0.1) is 0 Å². The summed E-state index contributed by atoms with van der Waals surface area (Å²) < 4.78 is 1.57. The smallest absolute Gasteiger partial charge is 0.266 e. The van der Waals surface area contributed by atoms with Crippen LogP contribution in [0.2, 0.25) is 0 Å². The Morgan fingerprint density at radius 3 is 2.48 bits per heavy atom. The Kier molecular flexibility index (Phi) is 5.37. The van der Waals surface area contributed by atoms with Gasteiger partial charge in [0.1, 0.15) is 5.82 Å². The Morgan fingerprint density at radius 1 is 1.15 bits per heavy atom. The fraction of sp³-hybridized carbons (Fsp3) is 0.286. The van der Waals surface area contributed by atoms with E-state index in [1.165, 1.54) is 0 Å². The first kappa shape index (κ1) is 18.8. The minimum Gasteiger partial charge on any atom is -0.349 e. The molecule has 1 atom stereocenters. The first-order valence-corrected chi connectivity index (χ1v) is 8.96. The fourth-order valence-corrected chi connectivity index (χ4v) is 3.12. The number of nitrogens with zero attached hydrogens (tertiary/aromatic N) is 3. The lowest BCUT2D eigenvalue weighted by molar-refractivity contribution is -0.128. The van der Waals surface area contributed by atoms with Crippen molar-refractivity contribution in [2.75, 3.05) is 14.1 Å². The molecular weight excluding hydrogens is 340 g/mol. The molecule has 0 aliphatic heterocycles. The molecule has 3 rings (SSSR count). The van der Waals surface area contributed by atoms with Crippen molar-refractivity contribution >= 4 is 16.8 Å². The molecule has 0 bridgehead atoms. The molecule has 0 fully saturated rings. The average molecular weight is 364 g/mol. The maximum Gasteiger partial charge on any atom is 0.266 e. The van der Waals surface area contributed by atoms with Gasteiger partial charge in [0.25, 0.3) is 5.56 Å². The Morgan fingerprint density at radius 2 is 1.85 bits per heavy atom. The third-order valence-electron chi connectivity index (χ3n) is 4.54. The summed E-state index contributed by atoms with van der Waals surface area (Å²) >= 11 is 0. The van der Waals surface area contributed by atoms with E-state index in [-0.39, 0.29) is 11.5 Å². The molecule has 0 unspecified atom stereocenters. The number of carbonyl (C=O) groups excluding carboxylic acids is 1. The summed E-state index contributed by atoms with van der Waals surface area (Å²) in [4.78, 5) is 31.6. The minimum absolute atomic E-state index is 0.0237. The van der Waals surface area contributed by atoms with Crippen LogP contribution in [-0.2, 0) is 11.2 Å². The molecule has 27 heavy (non-hydrogen) atoms. The van der Waals surface area contributed by atoms with Crippen LogP contribution in [0.4, 0.5) is 0 Å². The van der Waals surface area contributed by atoms with Crippen LogP contribution in [0.1, 0.15) is 30.8 Å². The predicted octanol–water partition coefficient (Wildman–Crippen LogP) is 2.43. The largest absolute Gasteiger partial charge is 0.349 e. The van der Waals surface area contributed by atoms with Gasteiger partial charge >= 0.3 is 0 Å². The first-order valence-electron chi connectivity index (χ1n) is 8.96. The zero-order valence-corrected chi connectivity index (χ0v) is 15.8. The number of aromatic nitrogens is 2. The molecule has 3 aromatic rings. The van der Waals surface area contributed by atoms with E-state index in [4.69, 9.17) is 5.73 Å². The number of nitrogens with two attached hydrogens (primary N) is 1. The summed E-state index contributed by atoms with van der Waals surface area (Å²) in [5.41, 5.74) is 8.10. The van der Waals surface area contributed by atoms with Gasteiger partial charge < -0.3 is 10.6 Å². The lowest BCUT2D eigenvalue weighted by Crippen LogP contribution is -2.28. The first-order chi connectivity index (χ1) is 12.9. The van der Waals surface area contributed by atoms with E-state index >= 15 is 0 Å². The Bertz CT molecular complexity index is 1020. The highest BCUT2D eigenvalue weighted by Gasteiger charge is 2.18. The Balaban J connectivity index is 2.21. The van der Waals surface area contributed by atoms with Gasteiger partial charge in [-0.05, 0) is 37.1 Å². The number of carbonyl (C=O) groups is 1. The third kappa shape index (κ3) is 3.75. The average Bonchev–Trinajstić information content (AvgIpc) is 2.66. The summed E-state index contributed by atoms with van der Waals surface area (Å²) in [6.45, 7) is 1.81. The number of fused-ring (bicyclic) bond motifs is 1. The number of hydrogen-bond donors (Lipinski definition) is 1. The standard InChI is InChI=1S/C21H24N4O2/c1-14(22)20-23-17-11-7-8-15(12-13-18(26)24(2)3)19(17)21(27)25(20)16-9-5-4-6-10-16/h4-11,14H,12-13,22H2,1-3H3/t14-/m0/s1. The van der Waals surface area contributed by atoms with Gasteiger partial charge in [-0.25, -0.2) is 4.98 Å².